The van der Waals surface area contributed by atoms with Gasteiger partial charge in [-0.2, -0.15) is 5.26 Å². The number of nitro benzene ring substituents is 1. The van der Waals surface area contributed by atoms with Gasteiger partial charge in [-0.05, 0) is 24.1 Å². The van der Waals surface area contributed by atoms with Crippen molar-refractivity contribution in [2.75, 3.05) is 19.6 Å². The van der Waals surface area contributed by atoms with Crippen LogP contribution in [-0.4, -0.2) is 72.9 Å². The molecule has 0 spiro atoms. The van der Waals surface area contributed by atoms with E-state index in [-0.39, 0.29) is 49.8 Å². The van der Waals surface area contributed by atoms with Gasteiger partial charge in [-0.25, -0.2) is 4.79 Å². The number of rotatable bonds is 14. The molecule has 0 aliphatic rings. The lowest BCUT2D eigenvalue weighted by molar-refractivity contribution is -0.384. The van der Waals surface area contributed by atoms with Crippen molar-refractivity contribution in [2.24, 2.45) is 0 Å². The second-order valence-corrected chi connectivity index (χ2v) is 8.97. The van der Waals surface area contributed by atoms with E-state index in [2.05, 4.69) is 4.89 Å². The third-order valence-electron chi connectivity index (χ3n) is 6.15. The highest BCUT2D eigenvalue weighted by molar-refractivity contribution is 5.71. The molecule has 1 unspecified atom stereocenters. The van der Waals surface area contributed by atoms with Crippen LogP contribution >= 0.6 is 0 Å². The molecule has 0 aliphatic heterocycles. The monoisotopic (exact) mass is 539 g/mol. The summed E-state index contributed by atoms with van der Waals surface area (Å²) in [5.74, 6) is -2.11. The summed E-state index contributed by atoms with van der Waals surface area (Å²) in [5.41, 5.74) is 1.54. The Morgan fingerprint density at radius 2 is 1.44 bits per heavy atom. The summed E-state index contributed by atoms with van der Waals surface area (Å²) in [7, 11) is 0. The van der Waals surface area contributed by atoms with Crippen molar-refractivity contribution in [2.45, 2.75) is 25.6 Å². The zero-order chi connectivity index (χ0) is 28.4. The fourth-order valence-corrected chi connectivity index (χ4v) is 4.27. The number of carbonyl (C=O) groups is 2. The number of carboxylic acids is 1. The van der Waals surface area contributed by atoms with Crippen LogP contribution < -0.4 is 0 Å². The summed E-state index contributed by atoms with van der Waals surface area (Å²) < 4.78 is 0. The first kappa shape index (κ1) is 29.0. The maximum atomic E-state index is 12.2. The lowest BCUT2D eigenvalue weighted by atomic mass is 10.0. The van der Waals surface area contributed by atoms with Gasteiger partial charge in [0.05, 0.1) is 11.5 Å². The topological polar surface area (TPSA) is 174 Å². The molecule has 3 rings (SSSR count). The Bertz CT molecular complexity index is 1280. The highest BCUT2D eigenvalue weighted by atomic mass is 17.1. The van der Waals surface area contributed by atoms with Gasteiger partial charge >= 0.3 is 11.9 Å². The van der Waals surface area contributed by atoms with Crippen LogP contribution in [0.15, 0.2) is 72.8 Å². The van der Waals surface area contributed by atoms with E-state index in [9.17, 15) is 35.0 Å². The summed E-state index contributed by atoms with van der Waals surface area (Å²) in [4.78, 5) is 41.6. The molecule has 12 nitrogen and oxygen atoms in total. The van der Waals surface area contributed by atoms with Gasteiger partial charge in [-0.3, -0.25) is 29.6 Å². The minimum Gasteiger partial charge on any atom is -0.508 e. The molecule has 0 bridgehead atoms. The van der Waals surface area contributed by atoms with Crippen molar-refractivity contribution in [3.8, 4) is 11.5 Å². The minimum atomic E-state index is -1.11. The van der Waals surface area contributed by atoms with Crippen LogP contribution in [0.25, 0.3) is 0 Å². The first-order chi connectivity index (χ1) is 18.7. The molecule has 3 aromatic rings. The van der Waals surface area contributed by atoms with E-state index in [1.807, 2.05) is 0 Å². The molecule has 0 aromatic heterocycles. The highest BCUT2D eigenvalue weighted by Gasteiger charge is 2.27. The van der Waals surface area contributed by atoms with Gasteiger partial charge < -0.3 is 15.3 Å². The average molecular weight is 540 g/mol. The number of hydrogen-bond acceptors (Lipinski definition) is 10. The van der Waals surface area contributed by atoms with Gasteiger partial charge in [0.15, 0.2) is 0 Å². The molecule has 39 heavy (non-hydrogen) atoms. The van der Waals surface area contributed by atoms with Gasteiger partial charge in [0.1, 0.15) is 18.0 Å². The van der Waals surface area contributed by atoms with Crippen molar-refractivity contribution in [3.05, 3.63) is 99.6 Å². The van der Waals surface area contributed by atoms with Gasteiger partial charge in [0, 0.05) is 48.9 Å². The summed E-state index contributed by atoms with van der Waals surface area (Å²) in [6.45, 7) is -0.606. The number of nitrogens with zero attached hydrogens (tertiary/aromatic N) is 3. The summed E-state index contributed by atoms with van der Waals surface area (Å²) in [6.07, 6.45) is 0.223. The van der Waals surface area contributed by atoms with Gasteiger partial charge in [0.25, 0.3) is 5.69 Å². The van der Waals surface area contributed by atoms with Crippen LogP contribution in [0.1, 0.15) is 16.7 Å². The van der Waals surface area contributed by atoms with E-state index in [1.54, 1.807) is 58.3 Å². The van der Waals surface area contributed by atoms with Crippen LogP contribution in [0.5, 0.6) is 11.5 Å². The number of carbonyl (C=O) groups excluding carboxylic acids is 1. The molecule has 0 heterocycles. The third-order valence-corrected chi connectivity index (χ3v) is 6.15. The summed E-state index contributed by atoms with van der Waals surface area (Å²) in [5, 5.41) is 50.3. The van der Waals surface area contributed by atoms with Crippen molar-refractivity contribution < 1.29 is 40.0 Å². The van der Waals surface area contributed by atoms with E-state index in [0.717, 1.165) is 0 Å². The SMILES string of the molecule is O=C(O)CN(Cc1ccccc1O)CC(Cc1ccc([N+](=O)[O-])cc1)N(CC(=O)OO)Cc1ccccc1O. The number of aromatic hydroxyl groups is 2. The van der Waals surface area contributed by atoms with E-state index in [4.69, 9.17) is 5.26 Å². The first-order valence-electron chi connectivity index (χ1n) is 12.0. The predicted octanol–water partition coefficient (Wildman–Crippen LogP) is 3.02. The zero-order valence-electron chi connectivity index (χ0n) is 20.9. The molecular weight excluding hydrogens is 510 g/mol. The number of benzene rings is 3. The summed E-state index contributed by atoms with van der Waals surface area (Å²) in [6, 6.07) is 18.2. The van der Waals surface area contributed by atoms with Gasteiger partial charge in [-0.1, -0.05) is 48.5 Å². The average Bonchev–Trinajstić information content (AvgIpc) is 2.90. The van der Waals surface area contributed by atoms with Crippen LogP contribution in [0.2, 0.25) is 0 Å². The molecule has 0 fully saturated rings. The molecule has 0 amide bonds. The van der Waals surface area contributed by atoms with Crippen LogP contribution in [0.4, 0.5) is 5.69 Å². The van der Waals surface area contributed by atoms with E-state index in [0.29, 0.717) is 16.7 Å². The largest absolute Gasteiger partial charge is 0.508 e. The van der Waals surface area contributed by atoms with Crippen molar-refractivity contribution in [3.63, 3.8) is 0 Å². The third kappa shape index (κ3) is 8.78. The van der Waals surface area contributed by atoms with E-state index >= 15 is 0 Å². The normalized spacial score (nSPS) is 11.9. The molecule has 206 valence electrons. The Balaban J connectivity index is 1.99. The fourth-order valence-electron chi connectivity index (χ4n) is 4.27. The number of hydrogen-bond donors (Lipinski definition) is 4. The number of nitro groups is 1. The number of non-ortho nitro benzene ring substituents is 1. The molecule has 0 saturated heterocycles. The molecule has 0 radical (unpaired) electrons. The van der Waals surface area contributed by atoms with Crippen molar-refractivity contribution >= 4 is 17.6 Å². The lowest BCUT2D eigenvalue weighted by Crippen LogP contribution is -2.48. The predicted molar refractivity (Wildman–Crippen MR) is 139 cm³/mol. The lowest BCUT2D eigenvalue weighted by Gasteiger charge is -2.35. The zero-order valence-corrected chi connectivity index (χ0v) is 20.9. The van der Waals surface area contributed by atoms with E-state index < -0.39 is 29.4 Å². The van der Waals surface area contributed by atoms with Crippen LogP contribution in [0.3, 0.4) is 0 Å². The number of para-hydroxylation sites is 2. The first-order valence-corrected chi connectivity index (χ1v) is 12.0. The van der Waals surface area contributed by atoms with Gasteiger partial charge in [-0.15, -0.1) is 0 Å². The number of aliphatic carboxylic acids is 1. The number of phenols is 2. The fraction of sp³-hybridized carbons (Fsp3) is 0.259. The van der Waals surface area contributed by atoms with Crippen molar-refractivity contribution in [1.82, 2.24) is 9.80 Å². The van der Waals surface area contributed by atoms with Crippen LogP contribution in [0, 0.1) is 10.1 Å². The second kappa shape index (κ2) is 13.9. The molecule has 0 aliphatic carbocycles. The summed E-state index contributed by atoms with van der Waals surface area (Å²) >= 11 is 0. The van der Waals surface area contributed by atoms with E-state index in [1.165, 1.54) is 24.3 Å². The molecule has 1 atom stereocenters. The Hall–Kier alpha value is -4.52. The Kier molecular flexibility index (Phi) is 10.3. The molecule has 12 heteroatoms. The smallest absolute Gasteiger partial charge is 0.355 e. The standard InChI is InChI=1S/C27H29N3O9/c31-24-7-3-1-5-20(24)14-28(17-26(33)34)16-23(13-19-9-11-22(12-10-19)30(36)37)29(18-27(35)39-38)15-21-6-2-4-8-25(21)32/h1-12,23,31-32,38H,13-18H2,(H,33,34). The quantitative estimate of drug-likeness (QED) is 0.135. The molecule has 0 saturated carbocycles. The maximum Gasteiger partial charge on any atom is 0.355 e. The molecular formula is C27H29N3O9. The molecule has 4 N–H and O–H groups in total. The molecule has 3 aromatic carbocycles. The second-order valence-electron chi connectivity index (χ2n) is 8.97. The Morgan fingerprint density at radius 1 is 0.872 bits per heavy atom. The van der Waals surface area contributed by atoms with Gasteiger partial charge in [0.2, 0.25) is 0 Å². The number of carboxylic acid groups (broad SMARTS) is 1. The highest BCUT2D eigenvalue weighted by Crippen LogP contribution is 2.23. The van der Waals surface area contributed by atoms with Crippen molar-refractivity contribution in [1.29, 1.82) is 0 Å². The number of phenolic OH excluding ortho intramolecular Hbond substituents is 2. The Labute approximate surface area is 224 Å². The Morgan fingerprint density at radius 3 is 1.95 bits per heavy atom. The maximum absolute atomic E-state index is 12.2. The van der Waals surface area contributed by atoms with Crippen LogP contribution in [-0.2, 0) is 34.0 Å². The minimum absolute atomic E-state index is 0.00488.